The molecule has 1 saturated heterocycles. The van der Waals surface area contributed by atoms with Gasteiger partial charge in [0.1, 0.15) is 0 Å². The van der Waals surface area contributed by atoms with Crippen LogP contribution in [0.15, 0.2) is 47.2 Å². The van der Waals surface area contributed by atoms with Gasteiger partial charge in [-0.25, -0.2) is 0 Å². The third-order valence-corrected chi connectivity index (χ3v) is 7.10. The standard InChI is InChI=1S/C21H18N4OS2/c1-21(10-18(26)25(2)20(23)24-21)17-9-16(14-5-3-4-13(8-14)11-22)19(28-17)15-6-7-27-12-15/h3-9,12H,10H2,1-2H3,(H2,23,24)/t21-/m0/s1. The van der Waals surface area contributed by atoms with E-state index in [1.165, 1.54) is 4.90 Å². The quantitative estimate of drug-likeness (QED) is 0.666. The first-order chi connectivity index (χ1) is 13.4. The number of carbonyl (C=O) groups excluding carboxylic acids is 1. The number of nitriles is 1. The van der Waals surface area contributed by atoms with E-state index in [0.717, 1.165) is 26.4 Å². The number of hydrogen-bond donors (Lipinski definition) is 2. The zero-order chi connectivity index (χ0) is 19.9. The maximum absolute atomic E-state index is 12.4. The van der Waals surface area contributed by atoms with Gasteiger partial charge in [0.05, 0.1) is 23.6 Å². The van der Waals surface area contributed by atoms with Crippen molar-refractivity contribution in [2.24, 2.45) is 0 Å². The lowest BCUT2D eigenvalue weighted by molar-refractivity contribution is -0.129. The van der Waals surface area contributed by atoms with E-state index >= 15 is 0 Å². The van der Waals surface area contributed by atoms with Crippen LogP contribution in [0, 0.1) is 16.7 Å². The molecule has 0 saturated carbocycles. The number of thiophene rings is 2. The lowest BCUT2D eigenvalue weighted by atomic mass is 9.91. The highest BCUT2D eigenvalue weighted by Crippen LogP contribution is 2.45. The summed E-state index contributed by atoms with van der Waals surface area (Å²) in [5, 5.41) is 24.7. The van der Waals surface area contributed by atoms with E-state index in [0.29, 0.717) is 5.56 Å². The number of nitrogens with zero attached hydrogens (tertiary/aromatic N) is 2. The van der Waals surface area contributed by atoms with E-state index in [2.05, 4.69) is 28.9 Å². The van der Waals surface area contributed by atoms with Crippen LogP contribution >= 0.6 is 22.7 Å². The molecule has 2 aromatic heterocycles. The number of hydrogen-bond acceptors (Lipinski definition) is 5. The van der Waals surface area contributed by atoms with Crippen molar-refractivity contribution in [1.29, 1.82) is 10.7 Å². The fraction of sp³-hybridized carbons (Fsp3) is 0.190. The van der Waals surface area contributed by atoms with E-state index in [1.807, 2.05) is 30.5 Å². The van der Waals surface area contributed by atoms with Gasteiger partial charge in [-0.05, 0) is 47.5 Å². The van der Waals surface area contributed by atoms with Gasteiger partial charge in [-0.15, -0.1) is 11.3 Å². The Hall–Kier alpha value is -2.95. The Balaban J connectivity index is 1.86. The highest BCUT2D eigenvalue weighted by atomic mass is 32.1. The second-order valence-electron chi connectivity index (χ2n) is 6.99. The molecule has 4 rings (SSSR count). The summed E-state index contributed by atoms with van der Waals surface area (Å²) in [7, 11) is 1.61. The van der Waals surface area contributed by atoms with Crippen LogP contribution < -0.4 is 5.32 Å². The van der Waals surface area contributed by atoms with E-state index in [4.69, 9.17) is 5.41 Å². The summed E-state index contributed by atoms with van der Waals surface area (Å²) in [5.41, 5.74) is 3.11. The molecule has 1 aliphatic heterocycles. The van der Waals surface area contributed by atoms with Crippen LogP contribution in [0.1, 0.15) is 23.8 Å². The first-order valence-corrected chi connectivity index (χ1v) is 10.5. The van der Waals surface area contributed by atoms with Gasteiger partial charge in [-0.2, -0.15) is 16.6 Å². The van der Waals surface area contributed by atoms with E-state index < -0.39 is 5.54 Å². The average molecular weight is 407 g/mol. The largest absolute Gasteiger partial charge is 0.345 e. The van der Waals surface area contributed by atoms with Gasteiger partial charge >= 0.3 is 0 Å². The molecule has 0 spiro atoms. The smallest absolute Gasteiger partial charge is 0.231 e. The SMILES string of the molecule is CN1C(=N)N[C@](C)(c2cc(-c3cccc(C#N)c3)c(-c3ccsc3)s2)CC1=O. The molecule has 1 aromatic carbocycles. The Labute approximate surface area is 171 Å². The lowest BCUT2D eigenvalue weighted by Crippen LogP contribution is -2.57. The minimum atomic E-state index is -0.638. The molecule has 2 N–H and O–H groups in total. The third-order valence-electron chi connectivity index (χ3n) is 4.97. The summed E-state index contributed by atoms with van der Waals surface area (Å²) in [4.78, 5) is 15.8. The van der Waals surface area contributed by atoms with Gasteiger partial charge < -0.3 is 5.32 Å². The summed E-state index contributed by atoms with van der Waals surface area (Å²) in [6.07, 6.45) is 0.285. The molecule has 3 heterocycles. The molecule has 0 unspecified atom stereocenters. The topological polar surface area (TPSA) is 80.0 Å². The molecule has 5 nitrogen and oxygen atoms in total. The number of rotatable bonds is 3. The van der Waals surface area contributed by atoms with Gasteiger partial charge in [-0.1, -0.05) is 12.1 Å². The highest BCUT2D eigenvalue weighted by molar-refractivity contribution is 7.17. The fourth-order valence-corrected chi connectivity index (χ4v) is 5.32. The molecular weight excluding hydrogens is 388 g/mol. The maximum Gasteiger partial charge on any atom is 0.231 e. The second-order valence-corrected chi connectivity index (χ2v) is 8.83. The summed E-state index contributed by atoms with van der Waals surface area (Å²) >= 11 is 3.26. The number of benzene rings is 1. The molecule has 140 valence electrons. The van der Waals surface area contributed by atoms with E-state index in [1.54, 1.807) is 35.8 Å². The van der Waals surface area contributed by atoms with Crippen molar-refractivity contribution in [1.82, 2.24) is 10.2 Å². The first kappa shape index (κ1) is 18.4. The number of carbonyl (C=O) groups is 1. The van der Waals surface area contributed by atoms with E-state index in [9.17, 15) is 10.1 Å². The molecule has 1 atom stereocenters. The Morgan fingerprint density at radius 1 is 1.29 bits per heavy atom. The second kappa shape index (κ2) is 6.89. The molecule has 7 heteroatoms. The van der Waals surface area contributed by atoms with Crippen LogP contribution in [0.2, 0.25) is 0 Å². The van der Waals surface area contributed by atoms with Gasteiger partial charge in [0.25, 0.3) is 0 Å². The molecule has 0 bridgehead atoms. The Bertz CT molecular complexity index is 1090. The molecule has 28 heavy (non-hydrogen) atoms. The van der Waals surface area contributed by atoms with Crippen LogP contribution in [-0.4, -0.2) is 23.8 Å². The lowest BCUT2D eigenvalue weighted by Gasteiger charge is -2.38. The molecule has 1 amide bonds. The zero-order valence-corrected chi connectivity index (χ0v) is 17.1. The Morgan fingerprint density at radius 3 is 2.79 bits per heavy atom. The summed E-state index contributed by atoms with van der Waals surface area (Å²) < 4.78 is 0. The molecule has 3 aromatic rings. The molecule has 0 radical (unpaired) electrons. The number of amides is 1. The van der Waals surface area contributed by atoms with Crippen molar-refractivity contribution in [2.75, 3.05) is 7.05 Å². The van der Waals surface area contributed by atoms with Crippen molar-refractivity contribution in [3.63, 3.8) is 0 Å². The summed E-state index contributed by atoms with van der Waals surface area (Å²) in [5.74, 6) is 0.0297. The molecular formula is C21H18N4OS2. The van der Waals surface area contributed by atoms with E-state index in [-0.39, 0.29) is 18.3 Å². The predicted octanol–water partition coefficient (Wildman–Crippen LogP) is 4.62. The van der Waals surface area contributed by atoms with Crippen LogP contribution in [0.5, 0.6) is 0 Å². The summed E-state index contributed by atoms with van der Waals surface area (Å²) in [6, 6.07) is 13.9. The molecule has 1 aliphatic rings. The highest BCUT2D eigenvalue weighted by Gasteiger charge is 2.39. The Kier molecular flexibility index (Phi) is 4.53. The van der Waals surface area contributed by atoms with Crippen molar-refractivity contribution >= 4 is 34.5 Å². The normalized spacial score (nSPS) is 19.4. The maximum atomic E-state index is 12.4. The zero-order valence-electron chi connectivity index (χ0n) is 15.4. The Morgan fingerprint density at radius 2 is 2.11 bits per heavy atom. The van der Waals surface area contributed by atoms with Crippen LogP contribution in [0.3, 0.4) is 0 Å². The third kappa shape index (κ3) is 3.11. The van der Waals surface area contributed by atoms with Crippen molar-refractivity contribution in [3.05, 3.63) is 57.6 Å². The van der Waals surface area contributed by atoms with Crippen molar-refractivity contribution in [3.8, 4) is 27.6 Å². The first-order valence-electron chi connectivity index (χ1n) is 8.72. The molecule has 0 aliphatic carbocycles. The van der Waals surface area contributed by atoms with Gasteiger partial charge in [-0.3, -0.25) is 15.1 Å². The minimum absolute atomic E-state index is 0.0789. The molecule has 1 fully saturated rings. The van der Waals surface area contributed by atoms with Crippen molar-refractivity contribution in [2.45, 2.75) is 18.9 Å². The van der Waals surface area contributed by atoms with Gasteiger partial charge in [0, 0.05) is 27.9 Å². The van der Waals surface area contributed by atoms with Gasteiger partial charge in [0.2, 0.25) is 5.91 Å². The van der Waals surface area contributed by atoms with Crippen molar-refractivity contribution < 1.29 is 4.79 Å². The fourth-order valence-electron chi connectivity index (χ4n) is 3.33. The number of guanidine groups is 1. The van der Waals surface area contributed by atoms with Gasteiger partial charge in [0.15, 0.2) is 5.96 Å². The summed E-state index contributed by atoms with van der Waals surface area (Å²) in [6.45, 7) is 1.96. The monoisotopic (exact) mass is 406 g/mol. The average Bonchev–Trinajstić information content (AvgIpc) is 3.35. The van der Waals surface area contributed by atoms with Crippen LogP contribution in [-0.2, 0) is 10.3 Å². The van der Waals surface area contributed by atoms with Crippen LogP contribution in [0.25, 0.3) is 21.6 Å². The van der Waals surface area contributed by atoms with Crippen LogP contribution in [0.4, 0.5) is 0 Å². The predicted molar refractivity (Wildman–Crippen MR) is 113 cm³/mol. The number of nitrogens with one attached hydrogen (secondary N) is 2. The minimum Gasteiger partial charge on any atom is -0.345 e.